The average molecular weight is 208 g/mol. The lowest BCUT2D eigenvalue weighted by atomic mass is 10.3. The van der Waals surface area contributed by atoms with Crippen molar-refractivity contribution in [2.75, 3.05) is 20.6 Å². The van der Waals surface area contributed by atoms with E-state index in [0.717, 1.165) is 5.56 Å². The highest BCUT2D eigenvalue weighted by atomic mass is 16.2. The van der Waals surface area contributed by atoms with Crippen molar-refractivity contribution < 1.29 is 4.79 Å². The quantitative estimate of drug-likeness (QED) is 0.694. The second kappa shape index (κ2) is 6.08. The molecular weight excluding hydrogens is 192 g/mol. The zero-order valence-corrected chi connectivity index (χ0v) is 9.10. The van der Waals surface area contributed by atoms with Gasteiger partial charge >= 0.3 is 0 Å². The molecule has 1 aromatic rings. The Kier molecular flexibility index (Phi) is 4.70. The van der Waals surface area contributed by atoms with E-state index in [1.807, 2.05) is 0 Å². The summed E-state index contributed by atoms with van der Waals surface area (Å²) in [6.07, 6.45) is 5.53. The number of amides is 1. The predicted octanol–water partition coefficient (Wildman–Crippen LogP) is 0.0445. The Balaban J connectivity index is 2.15. The number of nitrogens with zero attached hydrogens (tertiary/aromatic N) is 3. The molecule has 1 heterocycles. The van der Waals surface area contributed by atoms with Crippen LogP contribution < -0.4 is 5.32 Å². The summed E-state index contributed by atoms with van der Waals surface area (Å²) >= 11 is 0. The molecule has 0 saturated carbocycles. The van der Waals surface area contributed by atoms with Gasteiger partial charge in [-0.1, -0.05) is 0 Å². The fourth-order valence-electron chi connectivity index (χ4n) is 1.07. The first kappa shape index (κ1) is 11.6. The fourth-order valence-corrected chi connectivity index (χ4v) is 1.07. The number of carbonyl (C=O) groups excluding carboxylic acids is 1. The highest BCUT2D eigenvalue weighted by molar-refractivity contribution is 5.75. The molecule has 0 fully saturated rings. The van der Waals surface area contributed by atoms with Crippen LogP contribution in [-0.2, 0) is 11.3 Å². The molecule has 0 aliphatic heterocycles. The lowest BCUT2D eigenvalue weighted by Gasteiger charge is -2.10. The zero-order chi connectivity index (χ0) is 11.1. The number of hydrogen-bond donors (Lipinski definition) is 1. The Hall–Kier alpha value is -1.49. The van der Waals surface area contributed by atoms with Gasteiger partial charge in [-0.2, -0.15) is 0 Å². The number of rotatable bonds is 5. The van der Waals surface area contributed by atoms with E-state index in [0.29, 0.717) is 19.5 Å². The van der Waals surface area contributed by atoms with E-state index >= 15 is 0 Å². The molecule has 1 rings (SSSR count). The lowest BCUT2D eigenvalue weighted by molar-refractivity contribution is -0.128. The summed E-state index contributed by atoms with van der Waals surface area (Å²) in [4.78, 5) is 20.6. The summed E-state index contributed by atoms with van der Waals surface area (Å²) in [5.74, 6) is 0.131. The van der Waals surface area contributed by atoms with Crippen molar-refractivity contribution in [3.05, 3.63) is 24.3 Å². The summed E-state index contributed by atoms with van der Waals surface area (Å²) in [6.45, 7) is 1.37. The normalized spacial score (nSPS) is 10.0. The van der Waals surface area contributed by atoms with Crippen LogP contribution in [0.4, 0.5) is 0 Å². The van der Waals surface area contributed by atoms with Gasteiger partial charge in [-0.05, 0) is 0 Å². The van der Waals surface area contributed by atoms with Crippen LogP contribution in [0.25, 0.3) is 0 Å². The lowest BCUT2D eigenvalue weighted by Crippen LogP contribution is -2.26. The monoisotopic (exact) mass is 208 g/mol. The van der Waals surface area contributed by atoms with Crippen LogP contribution in [0.5, 0.6) is 0 Å². The highest BCUT2D eigenvalue weighted by Crippen LogP contribution is 1.92. The van der Waals surface area contributed by atoms with Crippen LogP contribution in [-0.4, -0.2) is 41.4 Å². The van der Waals surface area contributed by atoms with E-state index in [9.17, 15) is 4.79 Å². The molecule has 82 valence electrons. The molecule has 0 spiro atoms. The summed E-state index contributed by atoms with van der Waals surface area (Å²) in [5, 5.41) is 3.16. The van der Waals surface area contributed by atoms with Gasteiger partial charge in [0.25, 0.3) is 0 Å². The Labute approximate surface area is 89.5 Å². The van der Waals surface area contributed by atoms with Crippen molar-refractivity contribution in [1.82, 2.24) is 20.2 Å². The minimum absolute atomic E-state index is 0.131. The molecule has 0 saturated heterocycles. The number of nitrogens with one attached hydrogen (secondary N) is 1. The van der Waals surface area contributed by atoms with E-state index < -0.39 is 0 Å². The maximum Gasteiger partial charge on any atom is 0.223 e. The van der Waals surface area contributed by atoms with Gasteiger partial charge in [0.05, 0.1) is 0 Å². The van der Waals surface area contributed by atoms with Crippen molar-refractivity contribution in [1.29, 1.82) is 0 Å². The fraction of sp³-hybridized carbons (Fsp3) is 0.500. The second-order valence-electron chi connectivity index (χ2n) is 3.46. The van der Waals surface area contributed by atoms with E-state index in [1.165, 1.54) is 6.33 Å². The standard InChI is InChI=1S/C10H16N4O/c1-14(2)10(15)3-4-11-5-9-6-12-8-13-7-9/h6-8,11H,3-5H2,1-2H3. The van der Waals surface area contributed by atoms with Gasteiger partial charge in [0.15, 0.2) is 0 Å². The minimum Gasteiger partial charge on any atom is -0.349 e. The van der Waals surface area contributed by atoms with Gasteiger partial charge in [-0.15, -0.1) is 0 Å². The van der Waals surface area contributed by atoms with Crippen LogP contribution in [0.1, 0.15) is 12.0 Å². The zero-order valence-electron chi connectivity index (χ0n) is 9.10. The van der Waals surface area contributed by atoms with Gasteiger partial charge in [0.2, 0.25) is 5.91 Å². The molecule has 5 nitrogen and oxygen atoms in total. The van der Waals surface area contributed by atoms with Crippen LogP contribution in [0, 0.1) is 0 Å². The smallest absolute Gasteiger partial charge is 0.223 e. The average Bonchev–Trinajstić information content (AvgIpc) is 2.25. The summed E-state index contributed by atoms with van der Waals surface area (Å²) in [5.41, 5.74) is 1.02. The van der Waals surface area contributed by atoms with Gasteiger partial charge in [0.1, 0.15) is 6.33 Å². The van der Waals surface area contributed by atoms with Gasteiger partial charge in [-0.25, -0.2) is 9.97 Å². The topological polar surface area (TPSA) is 58.1 Å². The molecule has 0 aliphatic rings. The van der Waals surface area contributed by atoms with Gasteiger partial charge in [-0.3, -0.25) is 4.79 Å². The van der Waals surface area contributed by atoms with Crippen molar-refractivity contribution in [3.63, 3.8) is 0 Å². The predicted molar refractivity (Wildman–Crippen MR) is 57.0 cm³/mol. The number of carbonyl (C=O) groups is 1. The molecule has 1 aromatic heterocycles. The van der Waals surface area contributed by atoms with Crippen LogP contribution in [0.3, 0.4) is 0 Å². The van der Waals surface area contributed by atoms with Crippen molar-refractivity contribution in [2.45, 2.75) is 13.0 Å². The number of hydrogen-bond acceptors (Lipinski definition) is 4. The first-order valence-electron chi connectivity index (χ1n) is 4.85. The molecule has 0 aromatic carbocycles. The molecule has 1 amide bonds. The minimum atomic E-state index is 0.131. The molecule has 0 radical (unpaired) electrons. The highest BCUT2D eigenvalue weighted by Gasteiger charge is 2.02. The summed E-state index contributed by atoms with van der Waals surface area (Å²) in [7, 11) is 3.51. The third-order valence-corrected chi connectivity index (χ3v) is 1.96. The summed E-state index contributed by atoms with van der Waals surface area (Å²) in [6, 6.07) is 0. The SMILES string of the molecule is CN(C)C(=O)CCNCc1cncnc1. The summed E-state index contributed by atoms with van der Waals surface area (Å²) < 4.78 is 0. The first-order chi connectivity index (χ1) is 7.20. The molecule has 5 heteroatoms. The van der Waals surface area contributed by atoms with Crippen molar-refractivity contribution in [2.24, 2.45) is 0 Å². The molecular formula is C10H16N4O. The van der Waals surface area contributed by atoms with E-state index in [1.54, 1.807) is 31.4 Å². The van der Waals surface area contributed by atoms with Crippen molar-refractivity contribution >= 4 is 5.91 Å². The van der Waals surface area contributed by atoms with E-state index in [-0.39, 0.29) is 5.91 Å². The maximum absolute atomic E-state index is 11.2. The largest absolute Gasteiger partial charge is 0.349 e. The molecule has 0 bridgehead atoms. The molecule has 15 heavy (non-hydrogen) atoms. The Morgan fingerprint density at radius 3 is 2.67 bits per heavy atom. The maximum atomic E-state index is 11.2. The second-order valence-corrected chi connectivity index (χ2v) is 3.46. The molecule has 0 aliphatic carbocycles. The molecule has 1 N–H and O–H groups in total. The van der Waals surface area contributed by atoms with Crippen LogP contribution in [0.15, 0.2) is 18.7 Å². The first-order valence-corrected chi connectivity index (χ1v) is 4.85. The van der Waals surface area contributed by atoms with E-state index in [2.05, 4.69) is 15.3 Å². The van der Waals surface area contributed by atoms with Crippen LogP contribution in [0.2, 0.25) is 0 Å². The third-order valence-electron chi connectivity index (χ3n) is 1.96. The Bertz CT molecular complexity index is 300. The van der Waals surface area contributed by atoms with Gasteiger partial charge < -0.3 is 10.2 Å². The molecule has 0 atom stereocenters. The third kappa shape index (κ3) is 4.51. The van der Waals surface area contributed by atoms with E-state index in [4.69, 9.17) is 0 Å². The van der Waals surface area contributed by atoms with Gasteiger partial charge in [0, 0.05) is 51.6 Å². The van der Waals surface area contributed by atoms with Crippen molar-refractivity contribution in [3.8, 4) is 0 Å². The Morgan fingerprint density at radius 1 is 1.40 bits per heavy atom. The van der Waals surface area contributed by atoms with Crippen LogP contribution >= 0.6 is 0 Å². The molecule has 0 unspecified atom stereocenters. The Morgan fingerprint density at radius 2 is 2.07 bits per heavy atom. The number of aromatic nitrogens is 2.